The van der Waals surface area contributed by atoms with Gasteiger partial charge in [0.05, 0.1) is 13.2 Å². The summed E-state index contributed by atoms with van der Waals surface area (Å²) in [6.45, 7) is 4.27. The lowest BCUT2D eigenvalue weighted by Gasteiger charge is -2.35. The zero-order valence-electron chi connectivity index (χ0n) is 16.6. The molecule has 2 aliphatic heterocycles. The minimum absolute atomic E-state index is 0.0405. The van der Waals surface area contributed by atoms with Crippen molar-refractivity contribution in [3.05, 3.63) is 35.9 Å². The van der Waals surface area contributed by atoms with Gasteiger partial charge in [0.1, 0.15) is 6.10 Å². The number of amides is 1. The van der Waals surface area contributed by atoms with Crippen molar-refractivity contribution >= 4 is 11.9 Å². The number of ether oxygens (including phenoxy) is 1. The third-order valence-electron chi connectivity index (χ3n) is 5.69. The molecule has 0 spiro atoms. The van der Waals surface area contributed by atoms with Gasteiger partial charge < -0.3 is 14.7 Å². The molecule has 1 N–H and O–H groups in total. The summed E-state index contributed by atoms with van der Waals surface area (Å²) in [4.78, 5) is 30.0. The number of hydrogen-bond acceptors (Lipinski definition) is 5. The van der Waals surface area contributed by atoms with Crippen LogP contribution in [0.2, 0.25) is 0 Å². The van der Waals surface area contributed by atoms with Gasteiger partial charge in [-0.3, -0.25) is 19.4 Å². The Bertz CT molecular complexity index is 654. The van der Waals surface area contributed by atoms with Crippen LogP contribution in [0.25, 0.3) is 0 Å². The lowest BCUT2D eigenvalue weighted by Crippen LogP contribution is -2.51. The Labute approximate surface area is 166 Å². The molecule has 7 heteroatoms. The van der Waals surface area contributed by atoms with E-state index in [1.165, 1.54) is 5.56 Å². The van der Waals surface area contributed by atoms with Gasteiger partial charge in [0, 0.05) is 38.8 Å². The zero-order chi connectivity index (χ0) is 19.9. The number of hydrogen-bond donors (Lipinski definition) is 1. The number of carbonyl (C=O) groups is 2. The van der Waals surface area contributed by atoms with Crippen molar-refractivity contribution in [1.29, 1.82) is 0 Å². The molecule has 2 atom stereocenters. The third-order valence-corrected chi connectivity index (χ3v) is 5.69. The lowest BCUT2D eigenvalue weighted by molar-refractivity contribution is -0.149. The predicted octanol–water partition coefficient (Wildman–Crippen LogP) is 1.28. The molecule has 2 fully saturated rings. The van der Waals surface area contributed by atoms with Gasteiger partial charge in [-0.2, -0.15) is 0 Å². The van der Waals surface area contributed by atoms with Crippen LogP contribution in [0.4, 0.5) is 0 Å². The summed E-state index contributed by atoms with van der Waals surface area (Å²) >= 11 is 0. The summed E-state index contributed by atoms with van der Waals surface area (Å²) < 4.78 is 5.81. The predicted molar refractivity (Wildman–Crippen MR) is 106 cm³/mol. The number of benzene rings is 1. The van der Waals surface area contributed by atoms with Gasteiger partial charge in [-0.25, -0.2) is 0 Å². The van der Waals surface area contributed by atoms with Crippen LogP contribution in [0, 0.1) is 0 Å². The van der Waals surface area contributed by atoms with E-state index < -0.39 is 12.1 Å². The van der Waals surface area contributed by atoms with Crippen LogP contribution in [-0.4, -0.2) is 90.2 Å². The average Bonchev–Trinajstić information content (AvgIpc) is 2.94. The van der Waals surface area contributed by atoms with E-state index in [-0.39, 0.29) is 18.5 Å². The van der Waals surface area contributed by atoms with Crippen molar-refractivity contribution in [3.63, 3.8) is 0 Å². The Hall–Kier alpha value is -1.96. The molecular formula is C21H31N3O4. The van der Waals surface area contributed by atoms with Crippen molar-refractivity contribution in [1.82, 2.24) is 14.7 Å². The van der Waals surface area contributed by atoms with Crippen molar-refractivity contribution in [2.24, 2.45) is 0 Å². The van der Waals surface area contributed by atoms with Crippen molar-refractivity contribution in [3.8, 4) is 0 Å². The molecule has 1 aromatic rings. The average molecular weight is 389 g/mol. The second-order valence-electron chi connectivity index (χ2n) is 7.80. The minimum Gasteiger partial charge on any atom is -0.480 e. The van der Waals surface area contributed by atoms with E-state index >= 15 is 0 Å². The number of carbonyl (C=O) groups excluding carboxylic acids is 1. The summed E-state index contributed by atoms with van der Waals surface area (Å²) in [5.74, 6) is -0.743. The Kier molecular flexibility index (Phi) is 7.42. The molecule has 0 aromatic heterocycles. The molecule has 2 aliphatic rings. The third kappa shape index (κ3) is 5.77. The fourth-order valence-corrected chi connectivity index (χ4v) is 4.12. The monoisotopic (exact) mass is 389 g/mol. The number of aliphatic carboxylic acids is 1. The van der Waals surface area contributed by atoms with Crippen LogP contribution in [0.5, 0.6) is 0 Å². The van der Waals surface area contributed by atoms with Crippen LogP contribution in [0.15, 0.2) is 30.3 Å². The number of nitrogens with zero attached hydrogens (tertiary/aromatic N) is 3. The number of morpholine rings is 1. The van der Waals surface area contributed by atoms with Gasteiger partial charge in [0.15, 0.2) is 0 Å². The first-order valence-electron chi connectivity index (χ1n) is 10.1. The molecule has 1 aromatic carbocycles. The molecule has 0 bridgehead atoms. The number of rotatable bonds is 6. The molecule has 28 heavy (non-hydrogen) atoms. The van der Waals surface area contributed by atoms with E-state index in [1.54, 1.807) is 0 Å². The standard InChI is InChI=1S/C21H31N3O4/c1-22(16-20(25)26)18-8-5-10-24(11-9-18)21(27)19-15-23(12-13-28-19)14-17-6-3-2-4-7-17/h2-4,6-7,18-19H,5,8-16H2,1H3,(H,25,26). The molecule has 2 saturated heterocycles. The minimum atomic E-state index is -0.811. The Morgan fingerprint density at radius 3 is 2.71 bits per heavy atom. The van der Waals surface area contributed by atoms with Gasteiger partial charge in [0.2, 0.25) is 0 Å². The first-order chi connectivity index (χ1) is 13.5. The van der Waals surface area contributed by atoms with Gasteiger partial charge in [-0.1, -0.05) is 30.3 Å². The fourth-order valence-electron chi connectivity index (χ4n) is 4.12. The molecule has 0 radical (unpaired) electrons. The normalized spacial score (nSPS) is 24.1. The Morgan fingerprint density at radius 1 is 1.18 bits per heavy atom. The summed E-state index contributed by atoms with van der Waals surface area (Å²) in [7, 11) is 1.85. The fraction of sp³-hybridized carbons (Fsp3) is 0.619. The smallest absolute Gasteiger partial charge is 0.317 e. The molecule has 2 heterocycles. The van der Waals surface area contributed by atoms with E-state index in [9.17, 15) is 9.59 Å². The molecule has 3 rings (SSSR count). The van der Waals surface area contributed by atoms with Crippen LogP contribution in [0.1, 0.15) is 24.8 Å². The number of carboxylic acids is 1. The molecular weight excluding hydrogens is 358 g/mol. The van der Waals surface area contributed by atoms with Crippen LogP contribution >= 0.6 is 0 Å². The number of likely N-dealkylation sites (tertiary alicyclic amines) is 1. The van der Waals surface area contributed by atoms with Crippen molar-refractivity contribution in [2.75, 3.05) is 46.4 Å². The van der Waals surface area contributed by atoms with Crippen LogP contribution in [0.3, 0.4) is 0 Å². The molecule has 7 nitrogen and oxygen atoms in total. The zero-order valence-corrected chi connectivity index (χ0v) is 16.6. The van der Waals surface area contributed by atoms with E-state index in [2.05, 4.69) is 17.0 Å². The SMILES string of the molecule is CN(CC(=O)O)C1CCCN(C(=O)C2CN(Cc3ccccc3)CCO2)CC1. The molecule has 0 aliphatic carbocycles. The number of likely N-dealkylation sites (N-methyl/N-ethyl adjacent to an activating group) is 1. The van der Waals surface area contributed by atoms with Crippen molar-refractivity contribution in [2.45, 2.75) is 38.0 Å². The maximum atomic E-state index is 13.0. The lowest BCUT2D eigenvalue weighted by atomic mass is 10.1. The second kappa shape index (κ2) is 10.0. The van der Waals surface area contributed by atoms with Gasteiger partial charge >= 0.3 is 5.97 Å². The molecule has 0 saturated carbocycles. The largest absolute Gasteiger partial charge is 0.480 e. The van der Waals surface area contributed by atoms with E-state index in [0.717, 1.165) is 38.9 Å². The highest BCUT2D eigenvalue weighted by Crippen LogP contribution is 2.18. The number of carboxylic acid groups (broad SMARTS) is 1. The first kappa shape index (κ1) is 20.8. The molecule has 1 amide bonds. The topological polar surface area (TPSA) is 73.3 Å². The maximum Gasteiger partial charge on any atom is 0.317 e. The van der Waals surface area contributed by atoms with Crippen LogP contribution < -0.4 is 0 Å². The second-order valence-corrected chi connectivity index (χ2v) is 7.80. The summed E-state index contributed by atoms with van der Waals surface area (Å²) in [5, 5.41) is 9.00. The summed E-state index contributed by atoms with van der Waals surface area (Å²) in [6, 6.07) is 10.5. The Balaban J connectivity index is 1.52. The van der Waals surface area contributed by atoms with Gasteiger partial charge in [-0.05, 0) is 31.9 Å². The van der Waals surface area contributed by atoms with Gasteiger partial charge in [0.25, 0.3) is 5.91 Å². The van der Waals surface area contributed by atoms with E-state index in [0.29, 0.717) is 19.7 Å². The van der Waals surface area contributed by atoms with Crippen molar-refractivity contribution < 1.29 is 19.4 Å². The first-order valence-corrected chi connectivity index (χ1v) is 10.1. The highest BCUT2D eigenvalue weighted by molar-refractivity contribution is 5.81. The quantitative estimate of drug-likeness (QED) is 0.790. The van der Waals surface area contributed by atoms with Gasteiger partial charge in [-0.15, -0.1) is 0 Å². The summed E-state index contributed by atoms with van der Waals surface area (Å²) in [6.07, 6.45) is 2.20. The van der Waals surface area contributed by atoms with Crippen LogP contribution in [-0.2, 0) is 20.9 Å². The highest BCUT2D eigenvalue weighted by atomic mass is 16.5. The van der Waals surface area contributed by atoms with E-state index in [1.807, 2.05) is 35.0 Å². The highest BCUT2D eigenvalue weighted by Gasteiger charge is 2.32. The molecule has 154 valence electrons. The maximum absolute atomic E-state index is 13.0. The van der Waals surface area contributed by atoms with E-state index in [4.69, 9.17) is 9.84 Å². The Morgan fingerprint density at radius 2 is 1.96 bits per heavy atom. The molecule has 2 unspecified atom stereocenters. The summed E-state index contributed by atoms with van der Waals surface area (Å²) in [5.41, 5.74) is 1.25.